The molecule has 0 aliphatic heterocycles. The van der Waals surface area contributed by atoms with Crippen LogP contribution in [-0.2, 0) is 6.42 Å². The van der Waals surface area contributed by atoms with Crippen LogP contribution in [0.3, 0.4) is 0 Å². The third kappa shape index (κ3) is 2.35. The van der Waals surface area contributed by atoms with E-state index in [1.54, 1.807) is 0 Å². The molecule has 0 fully saturated rings. The highest BCUT2D eigenvalue weighted by atomic mass is 79.9. The monoisotopic (exact) mass is 308 g/mol. The van der Waals surface area contributed by atoms with Gasteiger partial charge in [0.15, 0.2) is 0 Å². The van der Waals surface area contributed by atoms with Gasteiger partial charge in [-0.2, -0.15) is 5.10 Å². The molecule has 0 aliphatic rings. The molecule has 2 rings (SSSR count). The number of hydrogen-bond donors (Lipinski definition) is 1. The maximum atomic E-state index is 9.09. The molecular weight excluding hydrogens is 292 g/mol. The zero-order chi connectivity index (χ0) is 13.3. The van der Waals surface area contributed by atoms with Gasteiger partial charge in [0.2, 0.25) is 0 Å². The normalized spacial score (nSPS) is 10.9. The Labute approximate surface area is 116 Å². The Morgan fingerprint density at radius 2 is 2.00 bits per heavy atom. The Morgan fingerprint density at radius 3 is 2.67 bits per heavy atom. The minimum absolute atomic E-state index is 0.137. The average Bonchev–Trinajstić information content (AvgIpc) is 2.61. The second-order valence-corrected chi connectivity index (χ2v) is 5.28. The van der Waals surface area contributed by atoms with Gasteiger partial charge in [0.05, 0.1) is 11.4 Å². The molecule has 3 nitrogen and oxygen atoms in total. The van der Waals surface area contributed by atoms with E-state index < -0.39 is 0 Å². The lowest BCUT2D eigenvalue weighted by molar-refractivity contribution is 0.299. The van der Waals surface area contributed by atoms with Crippen molar-refractivity contribution in [1.29, 1.82) is 0 Å². The lowest BCUT2D eigenvalue weighted by Gasteiger charge is -2.08. The summed E-state index contributed by atoms with van der Waals surface area (Å²) < 4.78 is 2.84. The largest absolute Gasteiger partial charge is 0.396 e. The van der Waals surface area contributed by atoms with E-state index in [1.807, 2.05) is 11.6 Å². The van der Waals surface area contributed by atoms with Gasteiger partial charge in [-0.3, -0.25) is 0 Å². The lowest BCUT2D eigenvalue weighted by atomic mass is 10.1. The van der Waals surface area contributed by atoms with E-state index >= 15 is 0 Å². The van der Waals surface area contributed by atoms with Crippen molar-refractivity contribution in [1.82, 2.24) is 9.78 Å². The van der Waals surface area contributed by atoms with Gasteiger partial charge in [-0.25, -0.2) is 4.68 Å². The van der Waals surface area contributed by atoms with Crippen molar-refractivity contribution in [2.45, 2.75) is 27.2 Å². The van der Waals surface area contributed by atoms with E-state index in [0.717, 1.165) is 21.5 Å². The molecule has 0 atom stereocenters. The van der Waals surface area contributed by atoms with Crippen LogP contribution in [0.4, 0.5) is 0 Å². The summed E-state index contributed by atoms with van der Waals surface area (Å²) in [6.07, 6.45) is 0.622. The number of aromatic nitrogens is 2. The number of nitrogens with zero attached hydrogens (tertiary/aromatic N) is 2. The molecule has 1 heterocycles. The highest BCUT2D eigenvalue weighted by molar-refractivity contribution is 9.10. The van der Waals surface area contributed by atoms with Crippen LogP contribution >= 0.6 is 15.9 Å². The predicted octanol–water partition coefficient (Wildman–Crippen LogP) is 3.09. The Bertz CT molecular complexity index is 575. The third-order valence-electron chi connectivity index (χ3n) is 3.08. The minimum Gasteiger partial charge on any atom is -0.396 e. The molecule has 0 saturated carbocycles. The van der Waals surface area contributed by atoms with E-state index in [-0.39, 0.29) is 6.61 Å². The summed E-state index contributed by atoms with van der Waals surface area (Å²) in [6, 6.07) is 6.31. The van der Waals surface area contributed by atoms with Crippen LogP contribution < -0.4 is 0 Å². The van der Waals surface area contributed by atoms with Crippen molar-refractivity contribution >= 4 is 15.9 Å². The van der Waals surface area contributed by atoms with Crippen molar-refractivity contribution in [3.05, 3.63) is 45.2 Å². The second-order valence-electron chi connectivity index (χ2n) is 4.53. The van der Waals surface area contributed by atoms with Gasteiger partial charge in [0.1, 0.15) is 4.60 Å². The van der Waals surface area contributed by atoms with E-state index in [2.05, 4.69) is 53.1 Å². The Kier molecular flexibility index (Phi) is 3.88. The van der Waals surface area contributed by atoms with Crippen LogP contribution in [0.5, 0.6) is 0 Å². The summed E-state index contributed by atoms with van der Waals surface area (Å²) in [5, 5.41) is 13.6. The Balaban J connectivity index is 2.57. The van der Waals surface area contributed by atoms with Crippen LogP contribution in [0.15, 0.2) is 22.8 Å². The quantitative estimate of drug-likeness (QED) is 0.946. The molecular formula is C14H17BrN2O. The summed E-state index contributed by atoms with van der Waals surface area (Å²) in [4.78, 5) is 0. The van der Waals surface area contributed by atoms with Gasteiger partial charge in [-0.1, -0.05) is 12.1 Å². The molecule has 0 radical (unpaired) electrons. The van der Waals surface area contributed by atoms with Gasteiger partial charge in [-0.15, -0.1) is 0 Å². The highest BCUT2D eigenvalue weighted by Crippen LogP contribution is 2.26. The van der Waals surface area contributed by atoms with Crippen molar-refractivity contribution in [3.63, 3.8) is 0 Å². The number of aliphatic hydroxyl groups excluding tert-OH is 1. The van der Waals surface area contributed by atoms with Crippen LogP contribution in [0.2, 0.25) is 0 Å². The minimum atomic E-state index is 0.137. The molecule has 2 aromatic rings. The zero-order valence-electron chi connectivity index (χ0n) is 10.9. The Morgan fingerprint density at radius 1 is 1.28 bits per heavy atom. The molecule has 18 heavy (non-hydrogen) atoms. The molecule has 96 valence electrons. The van der Waals surface area contributed by atoms with Crippen LogP contribution in [0.1, 0.15) is 22.4 Å². The summed E-state index contributed by atoms with van der Waals surface area (Å²) in [7, 11) is 0. The first-order valence-electron chi connectivity index (χ1n) is 5.97. The summed E-state index contributed by atoms with van der Waals surface area (Å²) >= 11 is 3.59. The topological polar surface area (TPSA) is 38.0 Å². The molecule has 0 amide bonds. The van der Waals surface area contributed by atoms with Gasteiger partial charge >= 0.3 is 0 Å². The number of halogens is 1. The first kappa shape index (κ1) is 13.3. The SMILES string of the molecule is Cc1ccc(C)c(-n2nc(C)c(CCO)c2Br)c1. The van der Waals surface area contributed by atoms with E-state index in [0.29, 0.717) is 6.42 Å². The number of aryl methyl sites for hydroxylation is 3. The van der Waals surface area contributed by atoms with E-state index in [1.165, 1.54) is 11.1 Å². The fourth-order valence-corrected chi connectivity index (χ4v) is 2.79. The summed E-state index contributed by atoms with van der Waals surface area (Å²) in [5.74, 6) is 0. The summed E-state index contributed by atoms with van der Waals surface area (Å²) in [6.45, 7) is 6.25. The number of benzene rings is 1. The van der Waals surface area contributed by atoms with E-state index in [9.17, 15) is 0 Å². The maximum absolute atomic E-state index is 9.09. The van der Waals surface area contributed by atoms with Crippen molar-refractivity contribution in [2.75, 3.05) is 6.61 Å². The average molecular weight is 309 g/mol. The molecule has 0 saturated heterocycles. The van der Waals surface area contributed by atoms with Crippen molar-refractivity contribution < 1.29 is 5.11 Å². The maximum Gasteiger partial charge on any atom is 0.113 e. The summed E-state index contributed by atoms with van der Waals surface area (Å²) in [5.41, 5.74) is 5.49. The fourth-order valence-electron chi connectivity index (χ4n) is 2.03. The lowest BCUT2D eigenvalue weighted by Crippen LogP contribution is -2.00. The molecule has 0 bridgehead atoms. The first-order valence-corrected chi connectivity index (χ1v) is 6.76. The molecule has 1 N–H and O–H groups in total. The Hall–Kier alpha value is -1.13. The smallest absolute Gasteiger partial charge is 0.113 e. The molecule has 0 spiro atoms. The third-order valence-corrected chi connectivity index (χ3v) is 3.89. The first-order chi connectivity index (χ1) is 8.54. The highest BCUT2D eigenvalue weighted by Gasteiger charge is 2.14. The van der Waals surface area contributed by atoms with Crippen LogP contribution in [-0.4, -0.2) is 21.5 Å². The van der Waals surface area contributed by atoms with Gasteiger partial charge in [-0.05, 0) is 53.9 Å². The van der Waals surface area contributed by atoms with Crippen LogP contribution in [0.25, 0.3) is 5.69 Å². The standard InChI is InChI=1S/C14H17BrN2O/c1-9-4-5-10(2)13(8-9)17-14(15)12(6-7-18)11(3)16-17/h4-5,8,18H,6-7H2,1-3H3. The van der Waals surface area contributed by atoms with Crippen molar-refractivity contribution in [3.8, 4) is 5.69 Å². The van der Waals surface area contributed by atoms with Crippen molar-refractivity contribution in [2.24, 2.45) is 0 Å². The molecule has 4 heteroatoms. The van der Waals surface area contributed by atoms with E-state index in [4.69, 9.17) is 5.11 Å². The van der Waals surface area contributed by atoms with Gasteiger partial charge in [0.25, 0.3) is 0 Å². The van der Waals surface area contributed by atoms with Gasteiger partial charge < -0.3 is 5.11 Å². The van der Waals surface area contributed by atoms with Crippen LogP contribution in [0, 0.1) is 20.8 Å². The molecule has 1 aromatic carbocycles. The predicted molar refractivity (Wildman–Crippen MR) is 76.3 cm³/mol. The fraction of sp³-hybridized carbons (Fsp3) is 0.357. The number of hydrogen-bond acceptors (Lipinski definition) is 2. The number of rotatable bonds is 3. The number of aliphatic hydroxyl groups is 1. The molecule has 1 aromatic heterocycles. The zero-order valence-corrected chi connectivity index (χ0v) is 12.5. The van der Waals surface area contributed by atoms with Gasteiger partial charge in [0, 0.05) is 18.6 Å². The molecule has 0 unspecified atom stereocenters. The molecule has 0 aliphatic carbocycles. The second kappa shape index (κ2) is 5.24.